The number of carbonyl (C=O) groups excluding carboxylic acids is 1. The molecule has 23 heavy (non-hydrogen) atoms. The van der Waals surface area contributed by atoms with Crippen LogP contribution in [0.1, 0.15) is 67.8 Å². The number of hydrogen-bond acceptors (Lipinski definition) is 4. The minimum absolute atomic E-state index is 0.209. The van der Waals surface area contributed by atoms with Crippen LogP contribution >= 0.6 is 11.3 Å². The van der Waals surface area contributed by atoms with E-state index < -0.39 is 0 Å². The van der Waals surface area contributed by atoms with Crippen LogP contribution in [0.4, 0.5) is 0 Å². The Labute approximate surface area is 143 Å². The third-order valence-corrected chi connectivity index (χ3v) is 5.90. The van der Waals surface area contributed by atoms with E-state index in [1.807, 2.05) is 6.20 Å². The van der Waals surface area contributed by atoms with Crippen molar-refractivity contribution >= 4 is 17.2 Å². The number of nitrogens with zero attached hydrogens (tertiary/aromatic N) is 2. The molecule has 0 aromatic carbocycles. The number of thiazole rings is 1. The second-order valence-electron chi connectivity index (χ2n) is 7.19. The molecule has 2 unspecified atom stereocenters. The summed E-state index contributed by atoms with van der Waals surface area (Å²) < 4.78 is 0. The van der Waals surface area contributed by atoms with E-state index in [9.17, 15) is 4.79 Å². The lowest BCUT2D eigenvalue weighted by atomic mass is 10.1. The van der Waals surface area contributed by atoms with Crippen molar-refractivity contribution in [2.24, 2.45) is 5.92 Å². The van der Waals surface area contributed by atoms with Gasteiger partial charge < -0.3 is 10.2 Å². The van der Waals surface area contributed by atoms with Crippen molar-refractivity contribution in [1.82, 2.24) is 15.2 Å². The zero-order chi connectivity index (χ0) is 16.2. The highest BCUT2D eigenvalue weighted by Crippen LogP contribution is 2.42. The van der Waals surface area contributed by atoms with E-state index in [2.05, 4.69) is 29.0 Å². The van der Waals surface area contributed by atoms with E-state index >= 15 is 0 Å². The number of aryl methyl sites for hydroxylation is 1. The van der Waals surface area contributed by atoms with E-state index in [1.54, 1.807) is 11.3 Å². The second kappa shape index (κ2) is 7.75. The third-order valence-electron chi connectivity index (χ3n) is 4.90. The molecule has 1 saturated heterocycles. The summed E-state index contributed by atoms with van der Waals surface area (Å²) in [6, 6.07) is 0.543. The van der Waals surface area contributed by atoms with Crippen LogP contribution in [0.25, 0.3) is 0 Å². The smallest absolute Gasteiger partial charge is 0.224 e. The molecule has 2 heterocycles. The SMILES string of the molecule is Cc1cnc(C(NC(C)CC(=O)N2CCCCCC2)C2CC2)s1. The first-order chi connectivity index (χ1) is 11.1. The summed E-state index contributed by atoms with van der Waals surface area (Å²) in [6.07, 6.45) is 9.99. The molecule has 1 aliphatic carbocycles. The Balaban J connectivity index is 1.54. The van der Waals surface area contributed by atoms with Gasteiger partial charge in [-0.25, -0.2) is 4.98 Å². The van der Waals surface area contributed by atoms with Crippen LogP contribution in [-0.2, 0) is 4.79 Å². The van der Waals surface area contributed by atoms with Crippen LogP contribution in [-0.4, -0.2) is 34.9 Å². The van der Waals surface area contributed by atoms with Crippen LogP contribution < -0.4 is 5.32 Å². The molecule has 1 amide bonds. The summed E-state index contributed by atoms with van der Waals surface area (Å²) in [6.45, 7) is 6.15. The maximum absolute atomic E-state index is 12.5. The van der Waals surface area contributed by atoms with E-state index in [1.165, 1.54) is 35.6 Å². The predicted molar refractivity (Wildman–Crippen MR) is 94.6 cm³/mol. The van der Waals surface area contributed by atoms with Gasteiger partial charge in [0.2, 0.25) is 5.91 Å². The Morgan fingerprint density at radius 1 is 1.35 bits per heavy atom. The van der Waals surface area contributed by atoms with Gasteiger partial charge in [0.05, 0.1) is 6.04 Å². The number of likely N-dealkylation sites (tertiary alicyclic amines) is 1. The van der Waals surface area contributed by atoms with Crippen LogP contribution in [0.15, 0.2) is 6.20 Å². The molecule has 4 nitrogen and oxygen atoms in total. The maximum Gasteiger partial charge on any atom is 0.224 e. The summed E-state index contributed by atoms with van der Waals surface area (Å²) in [5.74, 6) is 1.02. The highest BCUT2D eigenvalue weighted by molar-refractivity contribution is 7.11. The Hall–Kier alpha value is -0.940. The molecule has 1 aliphatic heterocycles. The minimum Gasteiger partial charge on any atom is -0.343 e. The van der Waals surface area contributed by atoms with Gasteiger partial charge in [-0.15, -0.1) is 11.3 Å². The molecule has 2 aliphatic rings. The van der Waals surface area contributed by atoms with Crippen molar-refractivity contribution in [1.29, 1.82) is 0 Å². The van der Waals surface area contributed by atoms with E-state index in [4.69, 9.17) is 0 Å². The van der Waals surface area contributed by atoms with Gasteiger partial charge in [0.1, 0.15) is 5.01 Å². The van der Waals surface area contributed by atoms with Crippen LogP contribution in [0, 0.1) is 12.8 Å². The second-order valence-corrected chi connectivity index (χ2v) is 8.46. The monoisotopic (exact) mass is 335 g/mol. The Morgan fingerprint density at radius 3 is 2.61 bits per heavy atom. The van der Waals surface area contributed by atoms with Crippen LogP contribution in [0.5, 0.6) is 0 Å². The number of carbonyl (C=O) groups is 1. The topological polar surface area (TPSA) is 45.2 Å². The minimum atomic E-state index is 0.209. The van der Waals surface area contributed by atoms with Crippen molar-refractivity contribution in [2.45, 2.75) is 70.9 Å². The molecule has 0 radical (unpaired) electrons. The summed E-state index contributed by atoms with van der Waals surface area (Å²) in [7, 11) is 0. The van der Waals surface area contributed by atoms with E-state index in [-0.39, 0.29) is 6.04 Å². The van der Waals surface area contributed by atoms with Crippen molar-refractivity contribution < 1.29 is 4.79 Å². The van der Waals surface area contributed by atoms with Crippen molar-refractivity contribution in [3.05, 3.63) is 16.1 Å². The Bertz CT molecular complexity index is 518. The summed E-state index contributed by atoms with van der Waals surface area (Å²) in [5.41, 5.74) is 0. The van der Waals surface area contributed by atoms with Crippen molar-refractivity contribution in [3.8, 4) is 0 Å². The molecular formula is C18H29N3OS. The van der Waals surface area contributed by atoms with Gasteiger partial charge in [-0.3, -0.25) is 4.79 Å². The molecule has 1 aromatic rings. The van der Waals surface area contributed by atoms with Crippen molar-refractivity contribution in [2.75, 3.05) is 13.1 Å². The molecule has 0 spiro atoms. The van der Waals surface area contributed by atoms with Gasteiger partial charge >= 0.3 is 0 Å². The first-order valence-corrected chi connectivity index (χ1v) is 9.91. The molecule has 1 N–H and O–H groups in total. The maximum atomic E-state index is 12.5. The average Bonchev–Trinajstić information content (AvgIpc) is 3.31. The molecule has 2 atom stereocenters. The molecule has 1 aromatic heterocycles. The first-order valence-electron chi connectivity index (χ1n) is 9.09. The number of aromatic nitrogens is 1. The highest BCUT2D eigenvalue weighted by atomic mass is 32.1. The third kappa shape index (κ3) is 4.77. The fourth-order valence-electron chi connectivity index (χ4n) is 3.43. The lowest BCUT2D eigenvalue weighted by molar-refractivity contribution is -0.131. The van der Waals surface area contributed by atoms with Gasteiger partial charge in [-0.2, -0.15) is 0 Å². The summed E-state index contributed by atoms with van der Waals surface area (Å²) in [5, 5.41) is 4.89. The fourth-order valence-corrected chi connectivity index (χ4v) is 4.36. The quantitative estimate of drug-likeness (QED) is 0.862. The van der Waals surface area contributed by atoms with Gasteiger partial charge in [0.15, 0.2) is 0 Å². The Morgan fingerprint density at radius 2 is 2.04 bits per heavy atom. The molecule has 5 heteroatoms. The zero-order valence-corrected chi connectivity index (χ0v) is 15.2. The molecule has 2 fully saturated rings. The zero-order valence-electron chi connectivity index (χ0n) is 14.4. The fraction of sp³-hybridized carbons (Fsp3) is 0.778. The summed E-state index contributed by atoms with van der Waals surface area (Å²) in [4.78, 5) is 20.5. The molecule has 1 saturated carbocycles. The average molecular weight is 336 g/mol. The van der Waals surface area contributed by atoms with Gasteiger partial charge in [0.25, 0.3) is 0 Å². The Kier molecular flexibility index (Phi) is 5.70. The van der Waals surface area contributed by atoms with E-state index in [0.717, 1.165) is 25.9 Å². The predicted octanol–water partition coefficient (Wildman–Crippen LogP) is 3.67. The molecule has 128 valence electrons. The number of amides is 1. The van der Waals surface area contributed by atoms with Crippen molar-refractivity contribution in [3.63, 3.8) is 0 Å². The molecule has 0 bridgehead atoms. The first kappa shape index (κ1) is 16.9. The standard InChI is InChI=1S/C18H29N3OS/c1-13(11-16(22)21-9-5-3-4-6-10-21)20-17(15-7-8-15)18-19-12-14(2)23-18/h12-13,15,17,20H,3-11H2,1-2H3. The molecule has 3 rings (SSSR count). The van der Waals surface area contributed by atoms with Gasteiger partial charge in [-0.1, -0.05) is 12.8 Å². The van der Waals surface area contributed by atoms with Gasteiger partial charge in [0, 0.05) is 36.6 Å². The van der Waals surface area contributed by atoms with Crippen LogP contribution in [0.2, 0.25) is 0 Å². The molecular weight excluding hydrogens is 306 g/mol. The lowest BCUT2D eigenvalue weighted by Crippen LogP contribution is -2.39. The van der Waals surface area contributed by atoms with Gasteiger partial charge in [-0.05, 0) is 45.4 Å². The lowest BCUT2D eigenvalue weighted by Gasteiger charge is -2.25. The number of rotatable bonds is 6. The highest BCUT2D eigenvalue weighted by Gasteiger charge is 2.35. The number of nitrogens with one attached hydrogen (secondary N) is 1. The number of hydrogen-bond donors (Lipinski definition) is 1. The normalized spacial score (nSPS) is 21.7. The van der Waals surface area contributed by atoms with Crippen LogP contribution in [0.3, 0.4) is 0 Å². The van der Waals surface area contributed by atoms with E-state index in [0.29, 0.717) is 24.3 Å². The largest absolute Gasteiger partial charge is 0.343 e. The summed E-state index contributed by atoms with van der Waals surface area (Å²) >= 11 is 1.79.